The summed E-state index contributed by atoms with van der Waals surface area (Å²) < 4.78 is 11.4. The van der Waals surface area contributed by atoms with Crippen LogP contribution in [0, 0.1) is 0 Å². The second-order valence-electron chi connectivity index (χ2n) is 5.70. The van der Waals surface area contributed by atoms with Gasteiger partial charge in [0.15, 0.2) is 17.5 Å². The molecular weight excluding hydrogens is 318 g/mol. The van der Waals surface area contributed by atoms with Crippen molar-refractivity contribution in [3.05, 3.63) is 48.0 Å². The van der Waals surface area contributed by atoms with Crippen molar-refractivity contribution < 1.29 is 14.6 Å². The number of aromatic hydroxyl groups is 1. The second kappa shape index (κ2) is 8.28. The van der Waals surface area contributed by atoms with E-state index in [4.69, 9.17) is 9.47 Å². The van der Waals surface area contributed by atoms with Gasteiger partial charge < -0.3 is 25.2 Å². The van der Waals surface area contributed by atoms with Crippen LogP contribution < -0.4 is 20.1 Å². The Bertz CT molecular complexity index is 746. The van der Waals surface area contributed by atoms with Crippen LogP contribution in [-0.2, 0) is 6.54 Å². The Kier molecular flexibility index (Phi) is 5.61. The lowest BCUT2D eigenvalue weighted by molar-refractivity contribution is 0.297. The molecule has 3 N–H and O–H groups in total. The highest BCUT2D eigenvalue weighted by atomic mass is 16.5. The molecule has 0 spiro atoms. The van der Waals surface area contributed by atoms with Crippen molar-refractivity contribution in [2.75, 3.05) is 25.1 Å². The van der Waals surface area contributed by atoms with Crippen LogP contribution >= 0.6 is 0 Å². The first-order valence-corrected chi connectivity index (χ1v) is 8.47. The van der Waals surface area contributed by atoms with Crippen molar-refractivity contribution in [1.82, 2.24) is 5.32 Å². The van der Waals surface area contributed by atoms with Crippen molar-refractivity contribution >= 4 is 11.6 Å². The molecule has 0 bridgehead atoms. The molecule has 0 atom stereocenters. The summed E-state index contributed by atoms with van der Waals surface area (Å²) in [5, 5.41) is 16.0. The number of fused-ring (bicyclic) bond motifs is 1. The van der Waals surface area contributed by atoms with Gasteiger partial charge in [-0.05, 0) is 36.8 Å². The Hall–Kier alpha value is -2.89. The summed E-state index contributed by atoms with van der Waals surface area (Å²) in [6, 6.07) is 12.9. The van der Waals surface area contributed by atoms with E-state index in [0.29, 0.717) is 25.7 Å². The van der Waals surface area contributed by atoms with E-state index in [9.17, 15) is 5.11 Å². The number of phenolic OH excluding ortho intramolecular Hbond substituents is 1. The lowest BCUT2D eigenvalue weighted by Crippen LogP contribution is -2.30. The predicted octanol–water partition coefficient (Wildman–Crippen LogP) is 3.13. The molecule has 1 aliphatic heterocycles. The molecule has 0 unspecified atom stereocenters. The van der Waals surface area contributed by atoms with Crippen LogP contribution in [0.2, 0.25) is 0 Å². The number of hydrogen-bond acceptors (Lipinski definition) is 4. The lowest BCUT2D eigenvalue weighted by Gasteiger charge is -2.13. The fourth-order valence-electron chi connectivity index (χ4n) is 2.51. The average Bonchev–Trinajstić information content (AvgIpc) is 2.85. The zero-order valence-electron chi connectivity index (χ0n) is 14.3. The summed E-state index contributed by atoms with van der Waals surface area (Å²) in [5.41, 5.74) is 1.82. The maximum absolute atomic E-state index is 9.55. The van der Waals surface area contributed by atoms with Gasteiger partial charge >= 0.3 is 0 Å². The fourth-order valence-corrected chi connectivity index (χ4v) is 2.51. The van der Waals surface area contributed by atoms with Crippen molar-refractivity contribution in [2.45, 2.75) is 19.9 Å². The van der Waals surface area contributed by atoms with Gasteiger partial charge in [0.2, 0.25) is 0 Å². The number of anilines is 1. The van der Waals surface area contributed by atoms with Crippen LogP contribution in [-0.4, -0.2) is 30.8 Å². The minimum atomic E-state index is 0.244. The third kappa shape index (κ3) is 4.79. The van der Waals surface area contributed by atoms with E-state index in [0.717, 1.165) is 35.7 Å². The van der Waals surface area contributed by atoms with Gasteiger partial charge in [-0.3, -0.25) is 0 Å². The molecule has 1 heterocycles. The molecule has 0 fully saturated rings. The highest BCUT2D eigenvalue weighted by Crippen LogP contribution is 2.32. The average molecular weight is 341 g/mol. The van der Waals surface area contributed by atoms with Crippen LogP contribution in [0.3, 0.4) is 0 Å². The highest BCUT2D eigenvalue weighted by Gasteiger charge is 2.11. The summed E-state index contributed by atoms with van der Waals surface area (Å²) in [5.74, 6) is 2.42. The molecule has 0 saturated heterocycles. The maximum Gasteiger partial charge on any atom is 0.196 e. The Labute approximate surface area is 147 Å². The van der Waals surface area contributed by atoms with Crippen molar-refractivity contribution in [1.29, 1.82) is 0 Å². The van der Waals surface area contributed by atoms with Crippen LogP contribution in [0.4, 0.5) is 5.69 Å². The third-order valence-electron chi connectivity index (χ3n) is 3.68. The van der Waals surface area contributed by atoms with Crippen LogP contribution in [0.1, 0.15) is 18.9 Å². The van der Waals surface area contributed by atoms with Crippen LogP contribution in [0.25, 0.3) is 0 Å². The van der Waals surface area contributed by atoms with Gasteiger partial charge in [-0.1, -0.05) is 12.1 Å². The molecule has 2 aromatic carbocycles. The van der Waals surface area contributed by atoms with Crippen molar-refractivity contribution in [3.8, 4) is 17.2 Å². The molecule has 2 aromatic rings. The SMILES string of the molecule is CCNC(=NCc1cccc(O)c1)Nc1ccc2c(c1)OCCCO2. The largest absolute Gasteiger partial charge is 0.508 e. The number of hydrogen-bond donors (Lipinski definition) is 3. The number of nitrogens with zero attached hydrogens (tertiary/aromatic N) is 1. The van der Waals surface area contributed by atoms with Gasteiger partial charge in [-0.15, -0.1) is 0 Å². The topological polar surface area (TPSA) is 75.1 Å². The zero-order valence-corrected chi connectivity index (χ0v) is 14.3. The molecule has 0 aromatic heterocycles. The van der Waals surface area contributed by atoms with Gasteiger partial charge in [0.05, 0.1) is 19.8 Å². The molecule has 0 amide bonds. The van der Waals surface area contributed by atoms with Gasteiger partial charge in [0.1, 0.15) is 5.75 Å². The molecule has 6 nitrogen and oxygen atoms in total. The van der Waals surface area contributed by atoms with E-state index in [1.807, 2.05) is 37.3 Å². The van der Waals surface area contributed by atoms with Crippen molar-refractivity contribution in [3.63, 3.8) is 0 Å². The Morgan fingerprint density at radius 2 is 1.96 bits per heavy atom. The van der Waals surface area contributed by atoms with Crippen molar-refractivity contribution in [2.24, 2.45) is 4.99 Å². The Balaban J connectivity index is 1.73. The lowest BCUT2D eigenvalue weighted by atomic mass is 10.2. The quantitative estimate of drug-likeness (QED) is 0.588. The monoisotopic (exact) mass is 341 g/mol. The van der Waals surface area contributed by atoms with Crippen LogP contribution in [0.5, 0.6) is 17.2 Å². The summed E-state index contributed by atoms with van der Waals surface area (Å²) in [6.45, 7) is 4.56. The summed E-state index contributed by atoms with van der Waals surface area (Å²) >= 11 is 0. The fraction of sp³-hybridized carbons (Fsp3) is 0.316. The van der Waals surface area contributed by atoms with E-state index in [-0.39, 0.29) is 5.75 Å². The summed E-state index contributed by atoms with van der Waals surface area (Å²) in [7, 11) is 0. The standard InChI is InChI=1S/C19H23N3O3/c1-2-20-19(21-13-14-5-3-6-16(23)11-14)22-15-7-8-17-18(12-15)25-10-4-9-24-17/h3,5-8,11-12,23H,2,4,9-10,13H2,1H3,(H2,20,21,22). The molecule has 132 valence electrons. The minimum absolute atomic E-state index is 0.244. The molecule has 0 radical (unpaired) electrons. The molecular formula is C19H23N3O3. The van der Waals surface area contributed by atoms with Crippen LogP contribution in [0.15, 0.2) is 47.5 Å². The number of benzene rings is 2. The Morgan fingerprint density at radius 3 is 2.76 bits per heavy atom. The molecule has 3 rings (SSSR count). The van der Waals surface area contributed by atoms with Gasteiger partial charge in [-0.2, -0.15) is 0 Å². The smallest absolute Gasteiger partial charge is 0.196 e. The minimum Gasteiger partial charge on any atom is -0.508 e. The maximum atomic E-state index is 9.55. The van der Waals surface area contributed by atoms with Gasteiger partial charge in [0.25, 0.3) is 0 Å². The second-order valence-corrected chi connectivity index (χ2v) is 5.70. The molecule has 0 saturated carbocycles. The first kappa shape index (κ1) is 17.0. The molecule has 6 heteroatoms. The first-order chi connectivity index (χ1) is 12.2. The number of phenols is 1. The van der Waals surface area contributed by atoms with Gasteiger partial charge in [0, 0.05) is 24.7 Å². The molecule has 25 heavy (non-hydrogen) atoms. The molecule has 0 aliphatic carbocycles. The summed E-state index contributed by atoms with van der Waals surface area (Å²) in [6.07, 6.45) is 0.880. The Morgan fingerprint density at radius 1 is 1.12 bits per heavy atom. The van der Waals surface area contributed by atoms with E-state index in [1.54, 1.807) is 12.1 Å². The number of aliphatic imine (C=N–C) groups is 1. The number of guanidine groups is 1. The zero-order chi connectivity index (χ0) is 17.5. The number of ether oxygens (including phenoxy) is 2. The first-order valence-electron chi connectivity index (χ1n) is 8.47. The van der Waals surface area contributed by atoms with E-state index in [2.05, 4.69) is 15.6 Å². The van der Waals surface area contributed by atoms with E-state index < -0.39 is 0 Å². The van der Waals surface area contributed by atoms with E-state index in [1.165, 1.54) is 0 Å². The van der Waals surface area contributed by atoms with Gasteiger partial charge in [-0.25, -0.2) is 4.99 Å². The predicted molar refractivity (Wildman–Crippen MR) is 98.6 cm³/mol. The third-order valence-corrected chi connectivity index (χ3v) is 3.68. The highest BCUT2D eigenvalue weighted by molar-refractivity contribution is 5.93. The molecule has 1 aliphatic rings. The number of nitrogens with one attached hydrogen (secondary N) is 2. The normalized spacial score (nSPS) is 13.9. The van der Waals surface area contributed by atoms with E-state index >= 15 is 0 Å². The number of rotatable bonds is 4. The summed E-state index contributed by atoms with van der Waals surface area (Å²) in [4.78, 5) is 4.56.